The van der Waals surface area contributed by atoms with E-state index in [2.05, 4.69) is 11.9 Å². The molecule has 4 atom stereocenters. The normalized spacial score (nSPS) is 17.2. The van der Waals surface area contributed by atoms with Crippen molar-refractivity contribution in [2.24, 2.45) is 0 Å². The summed E-state index contributed by atoms with van der Waals surface area (Å²) >= 11 is 0. The van der Waals surface area contributed by atoms with E-state index in [0.29, 0.717) is 19.5 Å². The SMILES string of the molecule is CC[C@@H](O)[C@@H](OCc1ccccc1)[C@H](OCc1ccccc1)[C@@H](OCc1ccccc1)C(=O)N1CCN(C)CC1. The third kappa shape index (κ3) is 8.71. The third-order valence-corrected chi connectivity index (χ3v) is 7.32. The van der Waals surface area contributed by atoms with E-state index in [0.717, 1.165) is 29.8 Å². The second-order valence-corrected chi connectivity index (χ2v) is 10.3. The summed E-state index contributed by atoms with van der Waals surface area (Å²) in [7, 11) is 2.06. The third-order valence-electron chi connectivity index (χ3n) is 7.32. The number of rotatable bonds is 14. The Labute approximate surface area is 238 Å². The lowest BCUT2D eigenvalue weighted by molar-refractivity contribution is -0.191. The van der Waals surface area contributed by atoms with Crippen LogP contribution in [0.15, 0.2) is 91.0 Å². The zero-order chi connectivity index (χ0) is 28.2. The van der Waals surface area contributed by atoms with Gasteiger partial charge >= 0.3 is 0 Å². The summed E-state index contributed by atoms with van der Waals surface area (Å²) in [5, 5.41) is 11.2. The zero-order valence-corrected chi connectivity index (χ0v) is 23.6. The van der Waals surface area contributed by atoms with Gasteiger partial charge in [0.15, 0.2) is 6.10 Å². The smallest absolute Gasteiger partial charge is 0.254 e. The second-order valence-electron chi connectivity index (χ2n) is 10.3. The van der Waals surface area contributed by atoms with Crippen molar-refractivity contribution in [3.05, 3.63) is 108 Å². The molecule has 3 aromatic carbocycles. The molecule has 0 radical (unpaired) electrons. The lowest BCUT2D eigenvalue weighted by atomic mass is 9.98. The Morgan fingerprint density at radius 2 is 1.12 bits per heavy atom. The van der Waals surface area contributed by atoms with Crippen molar-refractivity contribution >= 4 is 5.91 Å². The lowest BCUT2D eigenvalue weighted by Crippen LogP contribution is -2.57. The summed E-state index contributed by atoms with van der Waals surface area (Å²) in [4.78, 5) is 18.2. The highest BCUT2D eigenvalue weighted by atomic mass is 16.6. The molecule has 1 aliphatic heterocycles. The first-order chi connectivity index (χ1) is 19.5. The van der Waals surface area contributed by atoms with Gasteiger partial charge in [0, 0.05) is 26.2 Å². The highest BCUT2D eigenvalue weighted by molar-refractivity contribution is 5.82. The summed E-state index contributed by atoms with van der Waals surface area (Å²) in [5.41, 5.74) is 2.90. The zero-order valence-electron chi connectivity index (χ0n) is 23.6. The molecule has 3 aromatic rings. The number of aliphatic hydroxyl groups excluding tert-OH is 1. The molecule has 0 aliphatic carbocycles. The maximum absolute atomic E-state index is 14.1. The molecule has 4 rings (SSSR count). The predicted octanol–water partition coefficient (Wildman–Crippen LogP) is 4.29. The highest BCUT2D eigenvalue weighted by Gasteiger charge is 2.42. The summed E-state index contributed by atoms with van der Waals surface area (Å²) < 4.78 is 19.3. The first-order valence-electron chi connectivity index (χ1n) is 14.2. The van der Waals surface area contributed by atoms with Gasteiger partial charge in [-0.05, 0) is 30.2 Å². The number of piperazine rings is 1. The van der Waals surface area contributed by atoms with Crippen LogP contribution in [0.5, 0.6) is 0 Å². The minimum absolute atomic E-state index is 0.140. The van der Waals surface area contributed by atoms with Gasteiger partial charge in [0.1, 0.15) is 12.2 Å². The average Bonchev–Trinajstić information content (AvgIpc) is 3.01. The van der Waals surface area contributed by atoms with Crippen molar-refractivity contribution in [3.8, 4) is 0 Å². The van der Waals surface area contributed by atoms with Crippen LogP contribution in [0.3, 0.4) is 0 Å². The van der Waals surface area contributed by atoms with E-state index < -0.39 is 24.4 Å². The van der Waals surface area contributed by atoms with Crippen LogP contribution in [0, 0.1) is 0 Å². The number of hydrogen-bond donors (Lipinski definition) is 1. The molecule has 0 aromatic heterocycles. The number of benzene rings is 3. The number of ether oxygens (including phenoxy) is 3. The molecule has 7 heteroatoms. The monoisotopic (exact) mass is 546 g/mol. The van der Waals surface area contributed by atoms with Crippen LogP contribution in [-0.2, 0) is 38.8 Å². The second kappa shape index (κ2) is 15.6. The summed E-state index contributed by atoms with van der Waals surface area (Å²) in [6, 6.07) is 29.5. The molecule has 1 heterocycles. The molecule has 0 bridgehead atoms. The molecular formula is C33H42N2O5. The van der Waals surface area contributed by atoms with Crippen molar-refractivity contribution in [2.75, 3.05) is 33.2 Å². The Morgan fingerprint density at radius 3 is 1.57 bits per heavy atom. The Hall–Kier alpha value is -3.07. The molecule has 1 N–H and O–H groups in total. The Balaban J connectivity index is 1.65. The highest BCUT2D eigenvalue weighted by Crippen LogP contribution is 2.24. The number of carbonyl (C=O) groups is 1. The molecule has 40 heavy (non-hydrogen) atoms. The van der Waals surface area contributed by atoms with Crippen LogP contribution in [0.1, 0.15) is 30.0 Å². The van der Waals surface area contributed by atoms with Gasteiger partial charge in [0.05, 0.1) is 25.9 Å². The van der Waals surface area contributed by atoms with E-state index in [1.807, 2.05) is 103 Å². The number of hydrogen-bond acceptors (Lipinski definition) is 6. The van der Waals surface area contributed by atoms with Gasteiger partial charge in [-0.1, -0.05) is 97.9 Å². The van der Waals surface area contributed by atoms with Crippen molar-refractivity contribution in [3.63, 3.8) is 0 Å². The van der Waals surface area contributed by atoms with E-state index in [1.54, 1.807) is 0 Å². The maximum atomic E-state index is 14.1. The Morgan fingerprint density at radius 1 is 0.700 bits per heavy atom. The van der Waals surface area contributed by atoms with Crippen LogP contribution in [0.25, 0.3) is 0 Å². The predicted molar refractivity (Wildman–Crippen MR) is 155 cm³/mol. The van der Waals surface area contributed by atoms with Gasteiger partial charge in [0.25, 0.3) is 5.91 Å². The van der Waals surface area contributed by atoms with E-state index >= 15 is 0 Å². The molecular weight excluding hydrogens is 504 g/mol. The van der Waals surface area contributed by atoms with Gasteiger partial charge in [-0.3, -0.25) is 4.79 Å². The first kappa shape index (κ1) is 29.9. The van der Waals surface area contributed by atoms with Gasteiger partial charge in [-0.15, -0.1) is 0 Å². The van der Waals surface area contributed by atoms with E-state index in [4.69, 9.17) is 14.2 Å². The van der Waals surface area contributed by atoms with Crippen molar-refractivity contribution in [1.82, 2.24) is 9.80 Å². The van der Waals surface area contributed by atoms with Gasteiger partial charge in [0.2, 0.25) is 0 Å². The fourth-order valence-electron chi connectivity index (χ4n) is 4.82. The average molecular weight is 547 g/mol. The summed E-state index contributed by atoms with van der Waals surface area (Å²) in [6.45, 7) is 5.48. The topological polar surface area (TPSA) is 71.5 Å². The Bertz CT molecular complexity index is 1120. The standard InChI is InChI=1S/C33H42N2O5/c1-3-29(36)30(38-23-26-13-7-4-8-14-26)31(39-24-27-15-9-5-10-16-27)32(40-25-28-17-11-6-12-18-28)33(37)35-21-19-34(2)20-22-35/h4-18,29-32,36H,3,19-25H2,1-2H3/t29-,30-,31+,32-/m1/s1. The molecule has 214 valence electrons. The molecule has 1 aliphatic rings. The first-order valence-corrected chi connectivity index (χ1v) is 14.2. The van der Waals surface area contributed by atoms with E-state index in [9.17, 15) is 9.90 Å². The van der Waals surface area contributed by atoms with E-state index in [-0.39, 0.29) is 25.7 Å². The lowest BCUT2D eigenvalue weighted by Gasteiger charge is -2.39. The molecule has 0 saturated carbocycles. The number of aliphatic hydroxyl groups is 1. The molecule has 1 saturated heterocycles. The molecule has 0 unspecified atom stereocenters. The summed E-state index contributed by atoms with van der Waals surface area (Å²) in [6.07, 6.45) is -3.00. The Kier molecular flexibility index (Phi) is 11.7. The number of likely N-dealkylation sites (N-methyl/N-ethyl adjacent to an activating group) is 1. The van der Waals surface area contributed by atoms with Gasteiger partial charge < -0.3 is 29.1 Å². The van der Waals surface area contributed by atoms with Crippen LogP contribution in [0.2, 0.25) is 0 Å². The fraction of sp³-hybridized carbons (Fsp3) is 0.424. The molecule has 1 amide bonds. The maximum Gasteiger partial charge on any atom is 0.254 e. The van der Waals surface area contributed by atoms with Crippen molar-refractivity contribution in [2.45, 2.75) is 57.6 Å². The van der Waals surface area contributed by atoms with Crippen LogP contribution < -0.4 is 0 Å². The van der Waals surface area contributed by atoms with Crippen LogP contribution >= 0.6 is 0 Å². The number of amides is 1. The molecule has 7 nitrogen and oxygen atoms in total. The van der Waals surface area contributed by atoms with Crippen molar-refractivity contribution in [1.29, 1.82) is 0 Å². The number of carbonyl (C=O) groups excluding carboxylic acids is 1. The van der Waals surface area contributed by atoms with Crippen LogP contribution in [-0.4, -0.2) is 78.5 Å². The van der Waals surface area contributed by atoms with Crippen LogP contribution in [0.4, 0.5) is 0 Å². The minimum Gasteiger partial charge on any atom is -0.390 e. The number of nitrogens with zero attached hydrogens (tertiary/aromatic N) is 2. The molecule has 1 fully saturated rings. The van der Waals surface area contributed by atoms with E-state index in [1.165, 1.54) is 0 Å². The summed E-state index contributed by atoms with van der Waals surface area (Å²) in [5.74, 6) is -0.140. The van der Waals surface area contributed by atoms with Gasteiger partial charge in [-0.2, -0.15) is 0 Å². The van der Waals surface area contributed by atoms with Gasteiger partial charge in [-0.25, -0.2) is 0 Å². The minimum atomic E-state index is -0.964. The fourth-order valence-corrected chi connectivity index (χ4v) is 4.82. The molecule has 0 spiro atoms. The quantitative estimate of drug-likeness (QED) is 0.325. The van der Waals surface area contributed by atoms with Crippen molar-refractivity contribution < 1.29 is 24.1 Å². The largest absolute Gasteiger partial charge is 0.390 e.